The second kappa shape index (κ2) is 26.6. The minimum Gasteiger partial charge on any atom is -0.508 e. The molecule has 88 heavy (non-hydrogen) atoms. The van der Waals surface area contributed by atoms with Crippen LogP contribution in [0.3, 0.4) is 0 Å². The Hall–Kier alpha value is -8.88. The van der Waals surface area contributed by atoms with Crippen LogP contribution in [0.5, 0.6) is 51.7 Å². The van der Waals surface area contributed by atoms with Gasteiger partial charge in [-0.15, -0.1) is 0 Å². The van der Waals surface area contributed by atoms with E-state index in [9.17, 15) is 55.8 Å². The Balaban J connectivity index is 0.000000189. The maximum absolute atomic E-state index is 12.6. The molecule has 3 aliphatic heterocycles. The number of carbonyl (C=O) groups is 2. The summed E-state index contributed by atoms with van der Waals surface area (Å²) in [7, 11) is 0. The van der Waals surface area contributed by atoms with Crippen LogP contribution < -0.4 is 19.5 Å². The Labute approximate surface area is 514 Å². The van der Waals surface area contributed by atoms with Crippen molar-refractivity contribution < 1.29 is 70.1 Å². The third-order valence-electron chi connectivity index (χ3n) is 15.6. The van der Waals surface area contributed by atoms with Crippen LogP contribution in [0.2, 0.25) is 0 Å². The molecule has 0 bridgehead atoms. The van der Waals surface area contributed by atoms with Gasteiger partial charge in [0, 0.05) is 23.7 Å². The van der Waals surface area contributed by atoms with Gasteiger partial charge in [-0.05, 0) is 201 Å². The van der Waals surface area contributed by atoms with E-state index in [-0.39, 0.29) is 53.1 Å². The summed E-state index contributed by atoms with van der Waals surface area (Å²) in [5.41, 5.74) is 2.69. The van der Waals surface area contributed by atoms with E-state index in [0.717, 1.165) is 32.9 Å². The van der Waals surface area contributed by atoms with E-state index in [2.05, 4.69) is 5.32 Å². The summed E-state index contributed by atoms with van der Waals surface area (Å²) in [6.07, 6.45) is 15.3. The first-order chi connectivity index (χ1) is 41.0. The fourth-order valence-corrected chi connectivity index (χ4v) is 10.9. The molecule has 1 atom stereocenters. The number of hydrogen-bond acceptors (Lipinski definition) is 17. The lowest BCUT2D eigenvalue weighted by Gasteiger charge is -2.36. The molecular weight excluding hydrogens is 1120 g/mol. The highest BCUT2D eigenvalue weighted by molar-refractivity contribution is 5.93. The van der Waals surface area contributed by atoms with Gasteiger partial charge in [0.2, 0.25) is 0 Å². The van der Waals surface area contributed by atoms with Crippen LogP contribution in [0.25, 0.3) is 36.5 Å². The smallest absolute Gasteiger partial charge is 0.341 e. The first-order valence-corrected chi connectivity index (χ1v) is 28.7. The minimum atomic E-state index is -0.851. The number of nitrogens with zero attached hydrogens (tertiary/aromatic N) is 3. The van der Waals surface area contributed by atoms with Gasteiger partial charge in [0.1, 0.15) is 58.4 Å². The zero-order valence-corrected chi connectivity index (χ0v) is 51.8. The topological polar surface area (TPSA) is 266 Å². The van der Waals surface area contributed by atoms with E-state index < -0.39 is 39.2 Å². The van der Waals surface area contributed by atoms with Crippen LogP contribution in [-0.2, 0) is 9.59 Å². The maximum atomic E-state index is 12.6. The molecule has 1 fully saturated rings. The van der Waals surface area contributed by atoms with Gasteiger partial charge in [0.05, 0.1) is 39.3 Å². The van der Waals surface area contributed by atoms with E-state index in [1.165, 1.54) is 34.4 Å². The van der Waals surface area contributed by atoms with Crippen LogP contribution in [0.15, 0.2) is 151 Å². The average molecular weight is 1200 g/mol. The summed E-state index contributed by atoms with van der Waals surface area (Å²) in [5, 5.41) is 95.6. The largest absolute Gasteiger partial charge is 0.508 e. The van der Waals surface area contributed by atoms with Crippen molar-refractivity contribution >= 4 is 48.3 Å². The Morgan fingerprint density at radius 3 is 1.27 bits per heavy atom. The van der Waals surface area contributed by atoms with Crippen LogP contribution in [0, 0.1) is 0 Å². The van der Waals surface area contributed by atoms with Gasteiger partial charge in [-0.1, -0.05) is 85.0 Å². The van der Waals surface area contributed by atoms with E-state index in [4.69, 9.17) is 14.2 Å². The van der Waals surface area contributed by atoms with Crippen LogP contribution >= 0.6 is 0 Å². The molecule has 1 amide bonds. The molecule has 0 aromatic heterocycles. The van der Waals surface area contributed by atoms with E-state index >= 15 is 0 Å². The number of amides is 1. The predicted octanol–water partition coefficient (Wildman–Crippen LogP) is 13.0. The number of benzene rings is 6. The SMILES string of the molecule is CC1(C)C=C(C(=O)Oc2ccc(/C=C/c3cc(O)cc(O)c3)cc2)C(C)(C)N1O.CC1(C)C=C(COc2cc(O)cc(/C=C/c3ccc(O)cc3)c2)C(C)(C)N1O.CC1(C)CC(NC(=O)COc2cc(O)cc(/C=C/c3ccc(O)cc3)c2)C(C)(C)N1O. The number of nitrogens with one attached hydrogen (secondary N) is 1. The monoisotopic (exact) mass is 1200 g/mol. The first-order valence-electron chi connectivity index (χ1n) is 28.7. The van der Waals surface area contributed by atoms with E-state index in [1.54, 1.807) is 117 Å². The van der Waals surface area contributed by atoms with Crippen molar-refractivity contribution in [2.24, 2.45) is 0 Å². The minimum absolute atomic E-state index is 0.0133. The number of carbonyl (C=O) groups excluding carboxylic acids is 2. The highest BCUT2D eigenvalue weighted by Gasteiger charge is 2.52. The molecule has 0 saturated carbocycles. The lowest BCUT2D eigenvalue weighted by Crippen LogP contribution is -2.53. The standard InChI is InChI=1S/C24H30N2O5.C23H25NO5.C23H27NO4/c1-23(2)14-21(24(3,4)26(23)30)25-22(29)15-31-20-12-17(11-19(28)13-20)6-5-16-7-9-18(27)10-8-16;1-22(2)14-20(23(3,4)24(22)28)21(27)29-19-9-7-15(8-10-19)5-6-16-11-17(25)13-18(26)12-16;1-22(2)14-18(23(3,4)24(22)27)15-28-21-12-17(11-20(26)13-21)6-5-16-7-9-19(25)10-8-16/h5-13,21,27-28,30H,14-15H2,1-4H3,(H,25,29);5-14,25-26,28H,1-4H3;5-14,25-27H,15H2,1-4H3/b3*6-5+. The summed E-state index contributed by atoms with van der Waals surface area (Å²) in [6.45, 7) is 22.7. The third-order valence-corrected chi connectivity index (χ3v) is 15.6. The average Bonchev–Trinajstić information content (AvgIpc) is 1.75. The van der Waals surface area contributed by atoms with Crippen LogP contribution in [0.1, 0.15) is 123 Å². The number of rotatable bonds is 15. The molecule has 0 spiro atoms. The van der Waals surface area contributed by atoms with Gasteiger partial charge < -0.3 is 65.8 Å². The summed E-state index contributed by atoms with van der Waals surface area (Å²) in [5.74, 6) is 1.05. The molecule has 3 aliphatic rings. The molecule has 18 nitrogen and oxygen atoms in total. The Morgan fingerprint density at radius 1 is 0.466 bits per heavy atom. The number of aromatic hydroxyl groups is 6. The van der Waals surface area contributed by atoms with Gasteiger partial charge in [-0.25, -0.2) is 4.79 Å². The first kappa shape index (κ1) is 66.6. The fraction of sp³-hybridized carbons (Fsp3) is 0.314. The third kappa shape index (κ3) is 16.8. The molecule has 0 aliphatic carbocycles. The van der Waals surface area contributed by atoms with Crippen molar-refractivity contribution in [2.45, 2.75) is 129 Å². The predicted molar refractivity (Wildman–Crippen MR) is 340 cm³/mol. The van der Waals surface area contributed by atoms with Crippen molar-refractivity contribution in [3.8, 4) is 51.7 Å². The zero-order valence-electron chi connectivity index (χ0n) is 51.8. The summed E-state index contributed by atoms with van der Waals surface area (Å²) >= 11 is 0. The van der Waals surface area contributed by atoms with Crippen molar-refractivity contribution in [1.29, 1.82) is 0 Å². The van der Waals surface area contributed by atoms with Crippen molar-refractivity contribution in [1.82, 2.24) is 20.5 Å². The Kier molecular flexibility index (Phi) is 20.2. The zero-order chi connectivity index (χ0) is 64.7. The second-order valence-electron chi connectivity index (χ2n) is 25.4. The normalized spacial score (nSPS) is 18.9. The summed E-state index contributed by atoms with van der Waals surface area (Å²) in [6, 6.07) is 34.5. The molecule has 9 rings (SSSR count). The molecule has 466 valence electrons. The van der Waals surface area contributed by atoms with Gasteiger partial charge in [0.15, 0.2) is 6.61 Å². The highest BCUT2D eigenvalue weighted by Crippen LogP contribution is 2.42. The van der Waals surface area contributed by atoms with Crippen LogP contribution in [-0.4, -0.2) is 126 Å². The Bertz CT molecular complexity index is 3600. The molecule has 1 saturated heterocycles. The molecule has 6 aromatic rings. The highest BCUT2D eigenvalue weighted by atomic mass is 16.5. The number of hydrogen-bond donors (Lipinski definition) is 10. The number of ether oxygens (including phenoxy) is 3. The lowest BCUT2D eigenvalue weighted by molar-refractivity contribution is -0.194. The number of hydroxylamine groups is 6. The molecule has 3 heterocycles. The quantitative estimate of drug-likeness (QED) is 0.0198. The van der Waals surface area contributed by atoms with Crippen LogP contribution in [0.4, 0.5) is 0 Å². The van der Waals surface area contributed by atoms with E-state index in [0.29, 0.717) is 47.0 Å². The van der Waals surface area contributed by atoms with Gasteiger partial charge >= 0.3 is 5.97 Å². The number of phenolic OH excluding ortho intramolecular Hbond substituents is 6. The molecular formula is C70H82N4O14. The summed E-state index contributed by atoms with van der Waals surface area (Å²) < 4.78 is 17.0. The molecule has 0 radical (unpaired) electrons. The lowest BCUT2D eigenvalue weighted by atomic mass is 9.94. The number of phenols is 6. The molecule has 18 heteroatoms. The van der Waals surface area contributed by atoms with Gasteiger partial charge in [-0.3, -0.25) is 4.79 Å². The molecule has 10 N–H and O–H groups in total. The summed E-state index contributed by atoms with van der Waals surface area (Å²) in [4.78, 5) is 25.1. The van der Waals surface area contributed by atoms with Crippen molar-refractivity contribution in [2.75, 3.05) is 13.2 Å². The second-order valence-corrected chi connectivity index (χ2v) is 25.4. The van der Waals surface area contributed by atoms with Gasteiger partial charge in [0.25, 0.3) is 5.91 Å². The number of esters is 1. The Morgan fingerprint density at radius 2 is 0.864 bits per heavy atom. The molecule has 1 unspecified atom stereocenters. The molecule has 6 aromatic carbocycles. The fourth-order valence-electron chi connectivity index (χ4n) is 10.9. The van der Waals surface area contributed by atoms with Crippen molar-refractivity contribution in [3.63, 3.8) is 0 Å². The van der Waals surface area contributed by atoms with Gasteiger partial charge in [-0.2, -0.15) is 15.2 Å². The maximum Gasteiger partial charge on any atom is 0.341 e. The van der Waals surface area contributed by atoms with E-state index in [1.807, 2.05) is 118 Å². The van der Waals surface area contributed by atoms with Crippen molar-refractivity contribution in [3.05, 3.63) is 184 Å².